The molecule has 90 valence electrons. The van der Waals surface area contributed by atoms with Crippen LogP contribution in [0.3, 0.4) is 0 Å². The monoisotopic (exact) mass is 243 g/mol. The van der Waals surface area contributed by atoms with Gasteiger partial charge in [-0.05, 0) is 5.92 Å². The fourth-order valence-corrected chi connectivity index (χ4v) is 1.70. The van der Waals surface area contributed by atoms with Gasteiger partial charge in [0.15, 0.2) is 5.16 Å². The molecule has 1 amide bonds. The van der Waals surface area contributed by atoms with Gasteiger partial charge in [-0.1, -0.05) is 25.6 Å². The molecule has 0 bridgehead atoms. The molecule has 3 N–H and O–H groups in total. The van der Waals surface area contributed by atoms with E-state index >= 15 is 0 Å². The molecule has 1 aromatic rings. The summed E-state index contributed by atoms with van der Waals surface area (Å²) >= 11 is 1.32. The van der Waals surface area contributed by atoms with Gasteiger partial charge in [0.1, 0.15) is 0 Å². The Balaban J connectivity index is 2.34. The van der Waals surface area contributed by atoms with Crippen molar-refractivity contribution in [2.45, 2.75) is 19.0 Å². The Labute approximate surface area is 99.0 Å². The number of nitrogens with two attached hydrogens (primary N) is 1. The summed E-state index contributed by atoms with van der Waals surface area (Å²) in [6.45, 7) is 4.80. The second-order valence-corrected chi connectivity index (χ2v) is 4.83. The van der Waals surface area contributed by atoms with Crippen molar-refractivity contribution in [2.75, 3.05) is 18.0 Å². The maximum absolute atomic E-state index is 11.4. The predicted octanol–water partition coefficient (Wildman–Crippen LogP) is 0.262. The third-order valence-electron chi connectivity index (χ3n) is 1.91. The number of anilines is 1. The summed E-state index contributed by atoms with van der Waals surface area (Å²) in [5.41, 5.74) is 5.52. The van der Waals surface area contributed by atoms with E-state index in [0.29, 0.717) is 29.3 Å². The van der Waals surface area contributed by atoms with Crippen molar-refractivity contribution < 1.29 is 4.79 Å². The molecule has 7 heteroatoms. The number of carbonyl (C=O) groups is 1. The zero-order chi connectivity index (χ0) is 12.1. The molecule has 0 aliphatic rings. The summed E-state index contributed by atoms with van der Waals surface area (Å²) in [6, 6.07) is 0. The van der Waals surface area contributed by atoms with E-state index in [4.69, 9.17) is 5.73 Å². The van der Waals surface area contributed by atoms with Crippen LogP contribution in [0.15, 0.2) is 5.16 Å². The normalized spacial score (nSPS) is 10.8. The van der Waals surface area contributed by atoms with Crippen LogP contribution in [-0.4, -0.2) is 33.0 Å². The minimum atomic E-state index is 0.000251. The van der Waals surface area contributed by atoms with E-state index in [2.05, 4.69) is 29.4 Å². The molecule has 0 spiro atoms. The Morgan fingerprint density at radius 2 is 2.25 bits per heavy atom. The highest BCUT2D eigenvalue weighted by atomic mass is 32.2. The van der Waals surface area contributed by atoms with E-state index in [1.165, 1.54) is 11.8 Å². The third-order valence-corrected chi connectivity index (χ3v) is 2.93. The molecule has 0 atom stereocenters. The van der Waals surface area contributed by atoms with Crippen LogP contribution in [-0.2, 0) is 11.8 Å². The number of hydrogen-bond donors (Lipinski definition) is 2. The number of nitrogen functional groups attached to an aromatic ring is 1. The minimum Gasteiger partial charge on any atom is -0.368 e. The number of hydrogen-bond acceptors (Lipinski definition) is 5. The van der Waals surface area contributed by atoms with Gasteiger partial charge in [0, 0.05) is 13.6 Å². The molecule has 0 saturated carbocycles. The molecule has 0 fully saturated rings. The van der Waals surface area contributed by atoms with Crippen LogP contribution in [0, 0.1) is 5.92 Å². The van der Waals surface area contributed by atoms with Gasteiger partial charge in [0.05, 0.1) is 5.75 Å². The molecule has 16 heavy (non-hydrogen) atoms. The fraction of sp³-hybridized carbons (Fsp3) is 0.667. The van der Waals surface area contributed by atoms with E-state index in [1.54, 1.807) is 11.6 Å². The standard InChI is InChI=1S/C9H17N5OS/c1-6(2)4-11-7(15)5-16-9-13-12-8(10)14(9)3/h6H,4-5H2,1-3H3,(H2,10,12)(H,11,15). The number of nitrogens with one attached hydrogen (secondary N) is 1. The molecule has 0 aliphatic carbocycles. The second-order valence-electron chi connectivity index (χ2n) is 3.89. The Morgan fingerprint density at radius 3 is 2.75 bits per heavy atom. The van der Waals surface area contributed by atoms with Crippen LogP contribution in [0.5, 0.6) is 0 Å². The first kappa shape index (κ1) is 12.8. The zero-order valence-electron chi connectivity index (χ0n) is 9.73. The Bertz CT molecular complexity index is 363. The number of nitrogens with zero attached hydrogens (tertiary/aromatic N) is 3. The number of thioether (sulfide) groups is 1. The van der Waals surface area contributed by atoms with Crippen LogP contribution in [0.25, 0.3) is 0 Å². The van der Waals surface area contributed by atoms with Crippen molar-refractivity contribution in [1.29, 1.82) is 0 Å². The average Bonchev–Trinajstić information content (AvgIpc) is 2.54. The van der Waals surface area contributed by atoms with Gasteiger partial charge in [-0.2, -0.15) is 0 Å². The Hall–Kier alpha value is -1.24. The third kappa shape index (κ3) is 3.73. The number of aromatic nitrogens is 3. The Morgan fingerprint density at radius 1 is 1.56 bits per heavy atom. The molecule has 1 aromatic heterocycles. The van der Waals surface area contributed by atoms with Crippen LogP contribution >= 0.6 is 11.8 Å². The van der Waals surface area contributed by atoms with E-state index in [1.807, 2.05) is 0 Å². The summed E-state index contributed by atoms with van der Waals surface area (Å²) < 4.78 is 1.65. The van der Waals surface area contributed by atoms with Crippen LogP contribution in [0.4, 0.5) is 5.95 Å². The van der Waals surface area contributed by atoms with Gasteiger partial charge in [-0.3, -0.25) is 9.36 Å². The van der Waals surface area contributed by atoms with Crippen molar-refractivity contribution in [1.82, 2.24) is 20.1 Å². The zero-order valence-corrected chi connectivity index (χ0v) is 10.5. The summed E-state index contributed by atoms with van der Waals surface area (Å²) in [4.78, 5) is 11.4. The molecular weight excluding hydrogens is 226 g/mol. The van der Waals surface area contributed by atoms with Crippen LogP contribution in [0.2, 0.25) is 0 Å². The fourth-order valence-electron chi connectivity index (χ4n) is 0.951. The van der Waals surface area contributed by atoms with E-state index in [-0.39, 0.29) is 5.91 Å². The molecule has 0 aromatic carbocycles. The highest BCUT2D eigenvalue weighted by Gasteiger charge is 2.09. The summed E-state index contributed by atoms with van der Waals surface area (Å²) in [5.74, 6) is 1.14. The molecular formula is C9H17N5OS. The number of amides is 1. The minimum absolute atomic E-state index is 0.000251. The lowest BCUT2D eigenvalue weighted by molar-refractivity contribution is -0.118. The lowest BCUT2D eigenvalue weighted by atomic mass is 10.2. The van der Waals surface area contributed by atoms with Crippen LogP contribution in [0.1, 0.15) is 13.8 Å². The summed E-state index contributed by atoms with van der Waals surface area (Å²) in [5, 5.41) is 11.0. The molecule has 0 aliphatic heterocycles. The first-order valence-electron chi connectivity index (χ1n) is 5.05. The smallest absolute Gasteiger partial charge is 0.230 e. The van der Waals surface area contributed by atoms with Gasteiger partial charge in [-0.15, -0.1) is 10.2 Å². The number of rotatable bonds is 5. The molecule has 0 radical (unpaired) electrons. The van der Waals surface area contributed by atoms with E-state index in [9.17, 15) is 4.79 Å². The quantitative estimate of drug-likeness (QED) is 0.725. The van der Waals surface area contributed by atoms with Gasteiger partial charge >= 0.3 is 0 Å². The van der Waals surface area contributed by atoms with Crippen molar-refractivity contribution in [2.24, 2.45) is 13.0 Å². The van der Waals surface area contributed by atoms with Gasteiger partial charge < -0.3 is 11.1 Å². The molecule has 0 unspecified atom stereocenters. The first-order chi connectivity index (χ1) is 7.50. The lowest BCUT2D eigenvalue weighted by Crippen LogP contribution is -2.28. The van der Waals surface area contributed by atoms with Gasteiger partial charge in [-0.25, -0.2) is 0 Å². The Kier molecular flexibility index (Phi) is 4.60. The molecule has 1 heterocycles. The predicted molar refractivity (Wildman–Crippen MR) is 64.0 cm³/mol. The van der Waals surface area contributed by atoms with Gasteiger partial charge in [0.25, 0.3) is 0 Å². The molecule has 6 nitrogen and oxygen atoms in total. The van der Waals surface area contributed by atoms with E-state index in [0.717, 1.165) is 0 Å². The summed E-state index contributed by atoms with van der Waals surface area (Å²) in [6.07, 6.45) is 0. The highest BCUT2D eigenvalue weighted by molar-refractivity contribution is 7.99. The SMILES string of the molecule is CC(C)CNC(=O)CSc1nnc(N)n1C. The van der Waals surface area contributed by atoms with E-state index < -0.39 is 0 Å². The lowest BCUT2D eigenvalue weighted by Gasteiger charge is -2.06. The average molecular weight is 243 g/mol. The van der Waals surface area contributed by atoms with Crippen molar-refractivity contribution >= 4 is 23.6 Å². The molecule has 0 saturated heterocycles. The maximum atomic E-state index is 11.4. The van der Waals surface area contributed by atoms with Crippen molar-refractivity contribution in [3.63, 3.8) is 0 Å². The van der Waals surface area contributed by atoms with Crippen molar-refractivity contribution in [3.05, 3.63) is 0 Å². The topological polar surface area (TPSA) is 85.8 Å². The van der Waals surface area contributed by atoms with Crippen molar-refractivity contribution in [3.8, 4) is 0 Å². The second kappa shape index (κ2) is 5.74. The number of carbonyl (C=O) groups excluding carboxylic acids is 1. The summed E-state index contributed by atoms with van der Waals surface area (Å²) in [7, 11) is 1.77. The van der Waals surface area contributed by atoms with Gasteiger partial charge in [0.2, 0.25) is 11.9 Å². The molecule has 1 rings (SSSR count). The largest absolute Gasteiger partial charge is 0.368 e. The maximum Gasteiger partial charge on any atom is 0.230 e. The highest BCUT2D eigenvalue weighted by Crippen LogP contribution is 2.15. The van der Waals surface area contributed by atoms with Crippen LogP contribution < -0.4 is 11.1 Å². The first-order valence-corrected chi connectivity index (χ1v) is 6.03.